The Morgan fingerprint density at radius 1 is 1.12 bits per heavy atom. The maximum Gasteiger partial charge on any atom is 0.573 e. The van der Waals surface area contributed by atoms with Crippen molar-refractivity contribution in [3.05, 3.63) is 24.3 Å². The van der Waals surface area contributed by atoms with E-state index in [4.69, 9.17) is 0 Å². The molecule has 0 aromatic heterocycles. The summed E-state index contributed by atoms with van der Waals surface area (Å²) in [6.45, 7) is 7.15. The Balaban J connectivity index is 1.73. The van der Waals surface area contributed by atoms with Crippen LogP contribution in [0, 0.1) is 0 Å². The number of amides is 1. The molecule has 0 bridgehead atoms. The highest BCUT2D eigenvalue weighted by molar-refractivity contribution is 5.92. The van der Waals surface area contributed by atoms with Crippen LogP contribution in [0.1, 0.15) is 19.8 Å². The minimum atomic E-state index is -4.72. The van der Waals surface area contributed by atoms with Crippen LogP contribution in [0.25, 0.3) is 0 Å². The summed E-state index contributed by atoms with van der Waals surface area (Å²) in [4.78, 5) is 16.6. The molecular formula is C17H24F3N3O2. The molecule has 1 N–H and O–H groups in total. The first-order chi connectivity index (χ1) is 11.9. The number of alkyl halides is 3. The first-order valence-electron chi connectivity index (χ1n) is 8.46. The molecule has 1 aromatic rings. The second-order valence-corrected chi connectivity index (χ2v) is 6.09. The molecule has 1 heterocycles. The zero-order valence-electron chi connectivity index (χ0n) is 14.3. The number of carbonyl (C=O) groups is 1. The minimum Gasteiger partial charge on any atom is -0.406 e. The molecule has 140 valence electrons. The van der Waals surface area contributed by atoms with Gasteiger partial charge in [0.1, 0.15) is 5.75 Å². The molecule has 1 fully saturated rings. The van der Waals surface area contributed by atoms with Crippen molar-refractivity contribution in [2.24, 2.45) is 0 Å². The molecule has 2 rings (SSSR count). The summed E-state index contributed by atoms with van der Waals surface area (Å²) in [6.07, 6.45) is -2.35. The quantitative estimate of drug-likeness (QED) is 0.813. The standard InChI is InChI=1S/C17H24F3N3O2/c1-2-3-8-22-9-11-23(12-10-22)13-16(24)21-14-4-6-15(7-5-14)25-17(18,19)20/h4-7H,2-3,8-13H2,1H3,(H,21,24). The number of nitrogens with zero attached hydrogens (tertiary/aromatic N) is 2. The SMILES string of the molecule is CCCCN1CCN(CC(=O)Nc2ccc(OC(F)(F)F)cc2)CC1. The summed E-state index contributed by atoms with van der Waals surface area (Å²) in [5.41, 5.74) is 0.445. The van der Waals surface area contributed by atoms with Gasteiger partial charge >= 0.3 is 6.36 Å². The number of hydrogen-bond acceptors (Lipinski definition) is 4. The summed E-state index contributed by atoms with van der Waals surface area (Å²) < 4.78 is 40.1. The first-order valence-corrected chi connectivity index (χ1v) is 8.46. The van der Waals surface area contributed by atoms with Crippen LogP contribution in [0.5, 0.6) is 5.75 Å². The number of unbranched alkanes of at least 4 members (excludes halogenated alkanes) is 1. The highest BCUT2D eigenvalue weighted by atomic mass is 19.4. The molecule has 0 unspecified atom stereocenters. The lowest BCUT2D eigenvalue weighted by molar-refractivity contribution is -0.274. The van der Waals surface area contributed by atoms with Gasteiger partial charge in [0.2, 0.25) is 5.91 Å². The van der Waals surface area contributed by atoms with Gasteiger partial charge in [-0.1, -0.05) is 13.3 Å². The molecule has 5 nitrogen and oxygen atoms in total. The first kappa shape index (κ1) is 19.5. The van der Waals surface area contributed by atoms with Gasteiger partial charge in [0, 0.05) is 31.9 Å². The highest BCUT2D eigenvalue weighted by Crippen LogP contribution is 2.23. The van der Waals surface area contributed by atoms with E-state index in [1.165, 1.54) is 37.1 Å². The van der Waals surface area contributed by atoms with Crippen LogP contribution >= 0.6 is 0 Å². The van der Waals surface area contributed by atoms with E-state index in [1.54, 1.807) is 0 Å². The fourth-order valence-electron chi connectivity index (χ4n) is 2.70. The zero-order valence-corrected chi connectivity index (χ0v) is 14.3. The molecular weight excluding hydrogens is 335 g/mol. The van der Waals surface area contributed by atoms with E-state index in [0.717, 1.165) is 32.7 Å². The van der Waals surface area contributed by atoms with Crippen molar-refractivity contribution in [2.75, 3.05) is 44.6 Å². The molecule has 1 aliphatic heterocycles. The van der Waals surface area contributed by atoms with E-state index >= 15 is 0 Å². The Labute approximate surface area is 145 Å². The van der Waals surface area contributed by atoms with Crippen molar-refractivity contribution >= 4 is 11.6 Å². The zero-order chi connectivity index (χ0) is 18.3. The van der Waals surface area contributed by atoms with Crippen molar-refractivity contribution in [2.45, 2.75) is 26.1 Å². The molecule has 0 spiro atoms. The number of ether oxygens (including phenoxy) is 1. The molecule has 1 aromatic carbocycles. The smallest absolute Gasteiger partial charge is 0.406 e. The van der Waals surface area contributed by atoms with Gasteiger partial charge in [-0.3, -0.25) is 9.69 Å². The number of nitrogens with one attached hydrogen (secondary N) is 1. The maximum atomic E-state index is 12.1. The van der Waals surface area contributed by atoms with Crippen LogP contribution < -0.4 is 10.1 Å². The second-order valence-electron chi connectivity index (χ2n) is 6.09. The maximum absolute atomic E-state index is 12.1. The second kappa shape index (κ2) is 9.05. The van der Waals surface area contributed by atoms with Crippen LogP contribution in [-0.2, 0) is 4.79 Å². The monoisotopic (exact) mass is 359 g/mol. The normalized spacial score (nSPS) is 16.6. The number of piperazine rings is 1. The number of anilines is 1. The van der Waals surface area contributed by atoms with Crippen LogP contribution in [0.3, 0.4) is 0 Å². The van der Waals surface area contributed by atoms with E-state index in [0.29, 0.717) is 5.69 Å². The molecule has 25 heavy (non-hydrogen) atoms. The highest BCUT2D eigenvalue weighted by Gasteiger charge is 2.31. The van der Waals surface area contributed by atoms with E-state index in [9.17, 15) is 18.0 Å². The third-order valence-corrected chi connectivity index (χ3v) is 4.03. The largest absolute Gasteiger partial charge is 0.573 e. The van der Waals surface area contributed by atoms with Crippen molar-refractivity contribution < 1.29 is 22.7 Å². The van der Waals surface area contributed by atoms with Crippen molar-refractivity contribution in [3.63, 3.8) is 0 Å². The van der Waals surface area contributed by atoms with Crippen LogP contribution in [0.4, 0.5) is 18.9 Å². The van der Waals surface area contributed by atoms with Crippen molar-refractivity contribution in [1.29, 1.82) is 0 Å². The van der Waals surface area contributed by atoms with E-state index < -0.39 is 6.36 Å². The molecule has 0 atom stereocenters. The van der Waals surface area contributed by atoms with E-state index in [2.05, 4.69) is 26.8 Å². The number of halogens is 3. The number of hydrogen-bond donors (Lipinski definition) is 1. The van der Waals surface area contributed by atoms with Gasteiger partial charge in [-0.05, 0) is 37.2 Å². The van der Waals surface area contributed by atoms with E-state index in [-0.39, 0.29) is 18.2 Å². The Kier molecular flexibility index (Phi) is 7.07. The minimum absolute atomic E-state index is 0.175. The third-order valence-electron chi connectivity index (χ3n) is 4.03. The Hall–Kier alpha value is -1.80. The average molecular weight is 359 g/mol. The Morgan fingerprint density at radius 3 is 2.28 bits per heavy atom. The summed E-state index contributed by atoms with van der Waals surface area (Å²) in [5, 5.41) is 2.69. The van der Waals surface area contributed by atoms with Gasteiger partial charge in [0.15, 0.2) is 0 Å². The molecule has 0 radical (unpaired) electrons. The van der Waals surface area contributed by atoms with Gasteiger partial charge in [-0.25, -0.2) is 0 Å². The lowest BCUT2D eigenvalue weighted by Crippen LogP contribution is -2.48. The van der Waals surface area contributed by atoms with E-state index in [1.807, 2.05) is 0 Å². The topological polar surface area (TPSA) is 44.8 Å². The molecule has 1 amide bonds. The van der Waals surface area contributed by atoms with Gasteiger partial charge in [0.25, 0.3) is 0 Å². The summed E-state index contributed by atoms with van der Waals surface area (Å²) in [6, 6.07) is 5.13. The predicted octanol–water partition coefficient (Wildman–Crippen LogP) is 2.94. The summed E-state index contributed by atoms with van der Waals surface area (Å²) >= 11 is 0. The number of rotatable bonds is 7. The molecule has 1 saturated heterocycles. The summed E-state index contributed by atoms with van der Waals surface area (Å²) in [5.74, 6) is -0.486. The van der Waals surface area contributed by atoms with Gasteiger partial charge < -0.3 is 15.0 Å². The lowest BCUT2D eigenvalue weighted by Gasteiger charge is -2.34. The predicted molar refractivity (Wildman–Crippen MR) is 89.5 cm³/mol. The molecule has 0 aliphatic carbocycles. The summed E-state index contributed by atoms with van der Waals surface area (Å²) in [7, 11) is 0. The van der Waals surface area contributed by atoms with Crippen LogP contribution in [0.2, 0.25) is 0 Å². The van der Waals surface area contributed by atoms with Crippen molar-refractivity contribution in [3.8, 4) is 5.75 Å². The number of benzene rings is 1. The van der Waals surface area contributed by atoms with Crippen LogP contribution in [-0.4, -0.2) is 61.3 Å². The van der Waals surface area contributed by atoms with Crippen molar-refractivity contribution in [1.82, 2.24) is 9.80 Å². The Bertz CT molecular complexity index is 541. The van der Waals surface area contributed by atoms with Crippen LogP contribution in [0.15, 0.2) is 24.3 Å². The molecule has 0 saturated carbocycles. The van der Waals surface area contributed by atoms with Gasteiger partial charge in [-0.15, -0.1) is 13.2 Å². The average Bonchev–Trinajstić information content (AvgIpc) is 2.55. The lowest BCUT2D eigenvalue weighted by atomic mass is 10.2. The third kappa shape index (κ3) is 7.31. The molecule has 1 aliphatic rings. The fourth-order valence-corrected chi connectivity index (χ4v) is 2.70. The number of carbonyl (C=O) groups excluding carboxylic acids is 1. The fraction of sp³-hybridized carbons (Fsp3) is 0.588. The van der Waals surface area contributed by atoms with Gasteiger partial charge in [0.05, 0.1) is 6.54 Å². The Morgan fingerprint density at radius 2 is 1.72 bits per heavy atom. The van der Waals surface area contributed by atoms with Gasteiger partial charge in [-0.2, -0.15) is 0 Å². The molecule has 8 heteroatoms.